The molecule has 1 atom stereocenters. The molecule has 2 heterocycles. The Morgan fingerprint density at radius 3 is 2.81 bits per heavy atom. The summed E-state index contributed by atoms with van der Waals surface area (Å²) >= 11 is 0. The van der Waals surface area contributed by atoms with Gasteiger partial charge in [0.15, 0.2) is 0 Å². The largest absolute Gasteiger partial charge is 0.457 e. The van der Waals surface area contributed by atoms with Crippen molar-refractivity contribution < 1.29 is 22.7 Å². The van der Waals surface area contributed by atoms with E-state index in [-0.39, 0.29) is 37.2 Å². The zero-order valence-electron chi connectivity index (χ0n) is 10.9. The minimum atomic E-state index is -3.64. The summed E-state index contributed by atoms with van der Waals surface area (Å²) in [4.78, 5) is 25.1. The summed E-state index contributed by atoms with van der Waals surface area (Å²) in [5.74, 6) is -1.14. The van der Waals surface area contributed by atoms with Crippen LogP contribution >= 0.6 is 10.7 Å². The Kier molecular flexibility index (Phi) is 3.41. The van der Waals surface area contributed by atoms with E-state index in [1.165, 1.54) is 4.90 Å². The van der Waals surface area contributed by atoms with Crippen molar-refractivity contribution in [1.82, 2.24) is 0 Å². The van der Waals surface area contributed by atoms with Crippen molar-refractivity contribution in [2.24, 2.45) is 5.92 Å². The highest BCUT2D eigenvalue weighted by Crippen LogP contribution is 2.30. The Balaban J connectivity index is 1.83. The summed E-state index contributed by atoms with van der Waals surface area (Å²) in [5.41, 5.74) is 1.82. The molecule has 1 aromatic carbocycles. The maximum Gasteiger partial charge on any atom is 0.338 e. The fraction of sp³-hybridized carbons (Fsp3) is 0.385. The van der Waals surface area contributed by atoms with Gasteiger partial charge in [-0.1, -0.05) is 6.07 Å². The Morgan fingerprint density at radius 2 is 2.10 bits per heavy atom. The van der Waals surface area contributed by atoms with Gasteiger partial charge in [0, 0.05) is 40.8 Å². The molecule has 0 saturated carbocycles. The molecule has 1 fully saturated rings. The lowest BCUT2D eigenvalue weighted by Crippen LogP contribution is -2.25. The lowest BCUT2D eigenvalue weighted by atomic mass is 10.1. The number of fused-ring (bicyclic) bond motifs is 1. The smallest absolute Gasteiger partial charge is 0.338 e. The van der Waals surface area contributed by atoms with E-state index < -0.39 is 15.0 Å². The van der Waals surface area contributed by atoms with Crippen LogP contribution in [0.4, 0.5) is 5.69 Å². The SMILES string of the molecule is O=C1OCc2ccc(N3CC(CS(=O)(=O)Cl)CC3=O)cc21. The third kappa shape index (κ3) is 2.89. The molecule has 1 amide bonds. The van der Waals surface area contributed by atoms with Crippen molar-refractivity contribution in [1.29, 1.82) is 0 Å². The van der Waals surface area contributed by atoms with Gasteiger partial charge < -0.3 is 9.64 Å². The predicted octanol–water partition coefficient (Wildman–Crippen LogP) is 1.28. The highest BCUT2D eigenvalue weighted by Gasteiger charge is 2.34. The molecule has 0 radical (unpaired) electrons. The standard InChI is InChI=1S/C13H12ClNO5S/c14-21(18,19)7-8-3-12(16)15(5-8)10-2-1-9-6-20-13(17)11(9)4-10/h1-2,4,8H,3,5-7H2. The minimum absolute atomic E-state index is 0.132. The summed E-state index contributed by atoms with van der Waals surface area (Å²) in [6, 6.07) is 5.09. The number of ether oxygens (including phenoxy) is 1. The molecule has 0 aromatic heterocycles. The number of halogens is 1. The normalized spacial score (nSPS) is 21.6. The summed E-state index contributed by atoms with van der Waals surface area (Å²) < 4.78 is 27.1. The Bertz CT molecular complexity index is 730. The lowest BCUT2D eigenvalue weighted by Gasteiger charge is -2.17. The van der Waals surface area contributed by atoms with Gasteiger partial charge in [0.05, 0.1) is 11.3 Å². The lowest BCUT2D eigenvalue weighted by molar-refractivity contribution is -0.117. The van der Waals surface area contributed by atoms with Crippen LogP contribution in [-0.2, 0) is 25.2 Å². The number of benzene rings is 1. The molecule has 8 heteroatoms. The Morgan fingerprint density at radius 1 is 1.33 bits per heavy atom. The van der Waals surface area contributed by atoms with Gasteiger partial charge in [-0.3, -0.25) is 4.79 Å². The van der Waals surface area contributed by atoms with Gasteiger partial charge in [-0.05, 0) is 12.1 Å². The average molecular weight is 330 g/mol. The van der Waals surface area contributed by atoms with Crippen molar-refractivity contribution in [2.75, 3.05) is 17.2 Å². The summed E-state index contributed by atoms with van der Waals surface area (Å²) in [5, 5.41) is 0. The van der Waals surface area contributed by atoms with Gasteiger partial charge in [-0.15, -0.1) is 0 Å². The maximum atomic E-state index is 12.0. The third-order valence-corrected chi connectivity index (χ3v) is 4.87. The number of amides is 1. The number of hydrogen-bond acceptors (Lipinski definition) is 5. The van der Waals surface area contributed by atoms with Gasteiger partial charge in [-0.25, -0.2) is 13.2 Å². The van der Waals surface area contributed by atoms with E-state index in [1.807, 2.05) is 0 Å². The first-order valence-electron chi connectivity index (χ1n) is 6.36. The van der Waals surface area contributed by atoms with E-state index in [4.69, 9.17) is 15.4 Å². The fourth-order valence-corrected chi connectivity index (χ4v) is 4.01. The molecule has 1 aromatic rings. The van der Waals surface area contributed by atoms with Crippen LogP contribution in [0.25, 0.3) is 0 Å². The van der Waals surface area contributed by atoms with Crippen LogP contribution in [0.5, 0.6) is 0 Å². The van der Waals surface area contributed by atoms with Crippen LogP contribution in [0, 0.1) is 5.92 Å². The van der Waals surface area contributed by atoms with Crippen molar-refractivity contribution in [2.45, 2.75) is 13.0 Å². The molecule has 6 nitrogen and oxygen atoms in total. The summed E-state index contributed by atoms with van der Waals surface area (Å²) in [7, 11) is 1.60. The number of carbonyl (C=O) groups is 2. The predicted molar refractivity (Wildman–Crippen MR) is 75.7 cm³/mol. The second kappa shape index (κ2) is 4.99. The molecule has 0 aliphatic carbocycles. The van der Waals surface area contributed by atoms with Crippen molar-refractivity contribution in [3.63, 3.8) is 0 Å². The van der Waals surface area contributed by atoms with Crippen molar-refractivity contribution >= 4 is 37.3 Å². The maximum absolute atomic E-state index is 12.0. The van der Waals surface area contributed by atoms with Crippen LogP contribution in [0.1, 0.15) is 22.3 Å². The molecule has 1 saturated heterocycles. The first-order chi connectivity index (χ1) is 9.83. The second-order valence-corrected chi connectivity index (χ2v) is 8.02. The summed E-state index contributed by atoms with van der Waals surface area (Å²) in [6.07, 6.45) is 0.132. The van der Waals surface area contributed by atoms with Crippen LogP contribution < -0.4 is 4.90 Å². The van der Waals surface area contributed by atoms with Gasteiger partial charge in [0.1, 0.15) is 6.61 Å². The quantitative estimate of drug-likeness (QED) is 0.616. The number of cyclic esters (lactones) is 1. The molecule has 0 bridgehead atoms. The molecule has 112 valence electrons. The Hall–Kier alpha value is -1.60. The monoisotopic (exact) mass is 329 g/mol. The molecule has 21 heavy (non-hydrogen) atoms. The molecule has 1 unspecified atom stereocenters. The Labute approximate surface area is 126 Å². The van der Waals surface area contributed by atoms with Crippen LogP contribution in [0.3, 0.4) is 0 Å². The molecule has 2 aliphatic rings. The molecule has 0 N–H and O–H groups in total. The van der Waals surface area contributed by atoms with E-state index in [2.05, 4.69) is 0 Å². The summed E-state index contributed by atoms with van der Waals surface area (Å²) in [6.45, 7) is 0.522. The number of hydrogen-bond donors (Lipinski definition) is 0. The van der Waals surface area contributed by atoms with Gasteiger partial charge in [-0.2, -0.15) is 0 Å². The van der Waals surface area contributed by atoms with Gasteiger partial charge in [0.25, 0.3) is 0 Å². The van der Waals surface area contributed by atoms with E-state index in [0.29, 0.717) is 11.3 Å². The molecule has 0 spiro atoms. The fourth-order valence-electron chi connectivity index (χ4n) is 2.69. The molecular weight excluding hydrogens is 318 g/mol. The third-order valence-electron chi connectivity index (χ3n) is 3.62. The van der Waals surface area contributed by atoms with Crippen LogP contribution in [0.2, 0.25) is 0 Å². The first kappa shape index (κ1) is 14.3. The number of anilines is 1. The topological polar surface area (TPSA) is 80.8 Å². The van der Waals surface area contributed by atoms with Crippen LogP contribution in [-0.4, -0.2) is 32.6 Å². The second-order valence-electron chi connectivity index (χ2n) is 5.20. The molecule has 3 rings (SSSR count). The van der Waals surface area contributed by atoms with Crippen molar-refractivity contribution in [3.05, 3.63) is 29.3 Å². The van der Waals surface area contributed by atoms with Gasteiger partial charge >= 0.3 is 5.97 Å². The highest BCUT2D eigenvalue weighted by atomic mass is 35.7. The van der Waals surface area contributed by atoms with E-state index >= 15 is 0 Å². The van der Waals surface area contributed by atoms with Gasteiger partial charge in [0.2, 0.25) is 15.0 Å². The zero-order chi connectivity index (χ0) is 15.2. The minimum Gasteiger partial charge on any atom is -0.457 e. The molecule has 2 aliphatic heterocycles. The first-order valence-corrected chi connectivity index (χ1v) is 8.84. The number of rotatable bonds is 3. The van der Waals surface area contributed by atoms with Crippen molar-refractivity contribution in [3.8, 4) is 0 Å². The zero-order valence-corrected chi connectivity index (χ0v) is 12.5. The average Bonchev–Trinajstić information content (AvgIpc) is 2.91. The van der Waals surface area contributed by atoms with E-state index in [9.17, 15) is 18.0 Å². The number of carbonyl (C=O) groups excluding carboxylic acids is 2. The van der Waals surface area contributed by atoms with E-state index in [1.54, 1.807) is 18.2 Å². The van der Waals surface area contributed by atoms with Crippen LogP contribution in [0.15, 0.2) is 18.2 Å². The van der Waals surface area contributed by atoms with E-state index in [0.717, 1.165) is 5.56 Å². The number of esters is 1. The number of nitrogens with zero attached hydrogens (tertiary/aromatic N) is 1. The molecular formula is C13H12ClNO5S. The highest BCUT2D eigenvalue weighted by molar-refractivity contribution is 8.13.